The third kappa shape index (κ3) is 4.24. The van der Waals surface area contributed by atoms with E-state index >= 15 is 0 Å². The Morgan fingerprint density at radius 2 is 2.11 bits per heavy atom. The van der Waals surface area contributed by atoms with Crippen molar-refractivity contribution in [2.24, 2.45) is 0 Å². The minimum atomic E-state index is -1.23. The van der Waals surface area contributed by atoms with Crippen molar-refractivity contribution in [1.29, 1.82) is 0 Å². The molecule has 0 radical (unpaired) electrons. The number of hydrogen-bond donors (Lipinski definition) is 2. The lowest BCUT2D eigenvalue weighted by Crippen LogP contribution is -2.36. The van der Waals surface area contributed by atoms with Gasteiger partial charge in [-0.05, 0) is 24.6 Å². The van der Waals surface area contributed by atoms with E-state index in [9.17, 15) is 14.0 Å². The highest BCUT2D eigenvalue weighted by Gasteiger charge is 2.16. The summed E-state index contributed by atoms with van der Waals surface area (Å²) in [6.45, 7) is 2.53. The molecule has 0 unspecified atom stereocenters. The molecule has 1 aromatic carbocycles. The van der Waals surface area contributed by atoms with Crippen LogP contribution in [0.1, 0.15) is 23.7 Å². The fourth-order valence-corrected chi connectivity index (χ4v) is 1.63. The fraction of sp³-hybridized carbons (Fsp3) is 0.385. The Morgan fingerprint density at radius 1 is 1.42 bits per heavy atom. The Kier molecular flexibility index (Phi) is 5.29. The number of carbonyl (C=O) groups is 2. The quantitative estimate of drug-likeness (QED) is 0.820. The van der Waals surface area contributed by atoms with E-state index in [2.05, 4.69) is 5.32 Å². The Morgan fingerprint density at radius 3 is 2.68 bits per heavy atom. The Hall–Kier alpha value is -2.11. The van der Waals surface area contributed by atoms with Gasteiger partial charge in [0.05, 0.1) is 17.8 Å². The largest absolute Gasteiger partial charge is 0.478 e. The molecule has 5 nitrogen and oxygen atoms in total. The van der Waals surface area contributed by atoms with E-state index in [0.29, 0.717) is 12.2 Å². The number of aromatic carboxylic acids is 1. The summed E-state index contributed by atoms with van der Waals surface area (Å²) in [5, 5.41) is 11.7. The first-order chi connectivity index (χ1) is 8.95. The number of carboxylic acids is 1. The molecule has 1 aromatic rings. The molecule has 0 saturated heterocycles. The van der Waals surface area contributed by atoms with Crippen LogP contribution >= 0.6 is 0 Å². The molecule has 0 fully saturated rings. The smallest absolute Gasteiger partial charge is 0.337 e. The van der Waals surface area contributed by atoms with E-state index in [1.54, 1.807) is 7.05 Å². The van der Waals surface area contributed by atoms with Crippen LogP contribution in [-0.2, 0) is 4.79 Å². The molecule has 0 bridgehead atoms. The second kappa shape index (κ2) is 6.72. The van der Waals surface area contributed by atoms with E-state index in [1.165, 1.54) is 17.0 Å². The first-order valence-electron chi connectivity index (χ1n) is 5.96. The van der Waals surface area contributed by atoms with Gasteiger partial charge >= 0.3 is 5.97 Å². The van der Waals surface area contributed by atoms with Crippen LogP contribution in [0, 0.1) is 5.82 Å². The van der Waals surface area contributed by atoms with Crippen molar-refractivity contribution in [2.45, 2.75) is 13.3 Å². The molecular formula is C13H17FN2O3. The summed E-state index contributed by atoms with van der Waals surface area (Å²) in [5.74, 6) is -2.05. The van der Waals surface area contributed by atoms with Crippen molar-refractivity contribution >= 4 is 17.6 Å². The van der Waals surface area contributed by atoms with Crippen LogP contribution in [0.4, 0.5) is 10.1 Å². The highest BCUT2D eigenvalue weighted by molar-refractivity contribution is 5.95. The van der Waals surface area contributed by atoms with Crippen LogP contribution in [0.2, 0.25) is 0 Å². The Bertz CT molecular complexity index is 477. The SMILES string of the molecule is CCCNC(=O)CN(C)c1ccc(F)cc1C(=O)O. The zero-order valence-corrected chi connectivity index (χ0v) is 10.9. The predicted molar refractivity (Wildman–Crippen MR) is 69.9 cm³/mol. The molecule has 0 saturated carbocycles. The average Bonchev–Trinajstić information content (AvgIpc) is 2.35. The summed E-state index contributed by atoms with van der Waals surface area (Å²) in [4.78, 5) is 24.1. The summed E-state index contributed by atoms with van der Waals surface area (Å²) in [6.07, 6.45) is 0.826. The van der Waals surface area contributed by atoms with E-state index in [0.717, 1.165) is 12.5 Å². The number of likely N-dealkylation sites (N-methyl/N-ethyl adjacent to an activating group) is 1. The highest BCUT2D eigenvalue weighted by atomic mass is 19.1. The van der Waals surface area contributed by atoms with Gasteiger partial charge in [-0.2, -0.15) is 0 Å². The highest BCUT2D eigenvalue weighted by Crippen LogP contribution is 2.20. The van der Waals surface area contributed by atoms with Crippen LogP contribution in [-0.4, -0.2) is 37.1 Å². The molecule has 19 heavy (non-hydrogen) atoms. The number of carbonyl (C=O) groups excluding carboxylic acids is 1. The predicted octanol–water partition coefficient (Wildman–Crippen LogP) is 1.49. The standard InChI is InChI=1S/C13H17FN2O3/c1-3-6-15-12(17)8-16(2)11-5-4-9(14)7-10(11)13(18)19/h4-5,7H,3,6,8H2,1-2H3,(H,15,17)(H,18,19). The Labute approximate surface area is 111 Å². The molecule has 1 amide bonds. The number of nitrogens with one attached hydrogen (secondary N) is 1. The molecule has 104 valence electrons. The number of anilines is 1. The number of hydrogen-bond acceptors (Lipinski definition) is 3. The minimum Gasteiger partial charge on any atom is -0.478 e. The third-order valence-electron chi connectivity index (χ3n) is 2.55. The molecule has 0 aromatic heterocycles. The van der Waals surface area contributed by atoms with Crippen LogP contribution in [0.15, 0.2) is 18.2 Å². The normalized spacial score (nSPS) is 10.1. The monoisotopic (exact) mass is 268 g/mol. The van der Waals surface area contributed by atoms with Gasteiger partial charge in [-0.3, -0.25) is 4.79 Å². The van der Waals surface area contributed by atoms with Gasteiger partial charge in [0.25, 0.3) is 0 Å². The molecule has 2 N–H and O–H groups in total. The maximum atomic E-state index is 13.0. The zero-order chi connectivity index (χ0) is 14.4. The van der Waals surface area contributed by atoms with E-state index in [1.807, 2.05) is 6.92 Å². The lowest BCUT2D eigenvalue weighted by atomic mass is 10.1. The first-order valence-corrected chi connectivity index (χ1v) is 5.96. The van der Waals surface area contributed by atoms with Gasteiger partial charge in [0.15, 0.2) is 0 Å². The van der Waals surface area contributed by atoms with Gasteiger partial charge < -0.3 is 15.3 Å². The van der Waals surface area contributed by atoms with Gasteiger partial charge in [-0.1, -0.05) is 6.92 Å². The van der Waals surface area contributed by atoms with Gasteiger partial charge in [0.1, 0.15) is 5.82 Å². The molecule has 0 heterocycles. The molecule has 0 aliphatic heterocycles. The number of rotatable bonds is 6. The summed E-state index contributed by atoms with van der Waals surface area (Å²) < 4.78 is 13.0. The second-order valence-electron chi connectivity index (χ2n) is 4.17. The van der Waals surface area contributed by atoms with Gasteiger partial charge in [-0.25, -0.2) is 9.18 Å². The van der Waals surface area contributed by atoms with Crippen molar-refractivity contribution in [3.8, 4) is 0 Å². The molecular weight excluding hydrogens is 251 g/mol. The van der Waals surface area contributed by atoms with E-state index < -0.39 is 11.8 Å². The first kappa shape index (κ1) is 14.9. The van der Waals surface area contributed by atoms with E-state index in [4.69, 9.17) is 5.11 Å². The number of benzene rings is 1. The number of amides is 1. The fourth-order valence-electron chi connectivity index (χ4n) is 1.63. The van der Waals surface area contributed by atoms with Crippen LogP contribution < -0.4 is 10.2 Å². The van der Waals surface area contributed by atoms with Crippen LogP contribution in [0.3, 0.4) is 0 Å². The summed E-state index contributed by atoms with van der Waals surface area (Å²) in [7, 11) is 1.59. The lowest BCUT2D eigenvalue weighted by molar-refractivity contribution is -0.119. The van der Waals surface area contributed by atoms with Crippen molar-refractivity contribution in [3.63, 3.8) is 0 Å². The van der Waals surface area contributed by atoms with Crippen molar-refractivity contribution in [1.82, 2.24) is 5.32 Å². The molecule has 0 atom stereocenters. The summed E-state index contributed by atoms with van der Waals surface area (Å²) in [5.41, 5.74) is 0.145. The van der Waals surface area contributed by atoms with Crippen LogP contribution in [0.25, 0.3) is 0 Å². The third-order valence-corrected chi connectivity index (χ3v) is 2.55. The van der Waals surface area contributed by atoms with Crippen molar-refractivity contribution in [3.05, 3.63) is 29.6 Å². The summed E-state index contributed by atoms with van der Waals surface area (Å²) in [6, 6.07) is 3.46. The molecule has 1 rings (SSSR count). The second-order valence-corrected chi connectivity index (χ2v) is 4.17. The Balaban J connectivity index is 2.84. The van der Waals surface area contributed by atoms with Crippen LogP contribution in [0.5, 0.6) is 0 Å². The maximum absolute atomic E-state index is 13.0. The molecule has 0 spiro atoms. The number of nitrogens with zero attached hydrogens (tertiary/aromatic N) is 1. The van der Waals surface area contributed by atoms with Gasteiger partial charge in [0, 0.05) is 13.6 Å². The number of carboxylic acid groups (broad SMARTS) is 1. The molecule has 0 aliphatic rings. The van der Waals surface area contributed by atoms with Gasteiger partial charge in [0.2, 0.25) is 5.91 Å². The summed E-state index contributed by atoms with van der Waals surface area (Å²) >= 11 is 0. The topological polar surface area (TPSA) is 69.6 Å². The maximum Gasteiger partial charge on any atom is 0.337 e. The minimum absolute atomic E-state index is 0.0198. The van der Waals surface area contributed by atoms with Gasteiger partial charge in [-0.15, -0.1) is 0 Å². The zero-order valence-electron chi connectivity index (χ0n) is 10.9. The lowest BCUT2D eigenvalue weighted by Gasteiger charge is -2.20. The average molecular weight is 268 g/mol. The van der Waals surface area contributed by atoms with Crippen molar-refractivity contribution < 1.29 is 19.1 Å². The molecule has 6 heteroatoms. The van der Waals surface area contributed by atoms with Crippen molar-refractivity contribution in [2.75, 3.05) is 25.0 Å². The number of halogens is 1. The van der Waals surface area contributed by atoms with E-state index in [-0.39, 0.29) is 18.0 Å². The molecule has 0 aliphatic carbocycles.